The second-order valence-corrected chi connectivity index (χ2v) is 0.874. The minimum Gasteiger partial charge on any atom is -0.377 e. The molecule has 0 aliphatic carbocycles. The van der Waals surface area contributed by atoms with Gasteiger partial charge in [0, 0.05) is 26.2 Å². The van der Waals surface area contributed by atoms with E-state index in [-0.39, 0.29) is 31.3 Å². The molecule has 0 saturated heterocycles. The summed E-state index contributed by atoms with van der Waals surface area (Å²) in [5.74, 6) is 0. The molecule has 4 N–H and O–H groups in total. The molecule has 0 aromatic carbocycles. The summed E-state index contributed by atoms with van der Waals surface area (Å²) < 4.78 is 0. The molecule has 3 radical (unpaired) electrons. The van der Waals surface area contributed by atoms with Gasteiger partial charge >= 0.3 is 0 Å². The van der Waals surface area contributed by atoms with Crippen molar-refractivity contribution in [2.24, 2.45) is 11.5 Å². The van der Waals surface area contributed by atoms with E-state index in [1.807, 2.05) is 0 Å². The van der Waals surface area contributed by atoms with Crippen molar-refractivity contribution >= 4 is 43.5 Å². The van der Waals surface area contributed by atoms with Crippen LogP contribution in [0.2, 0.25) is 0 Å². The van der Waals surface area contributed by atoms with Crippen LogP contribution in [0.5, 0.6) is 0 Å². The molecule has 0 spiro atoms. The summed E-state index contributed by atoms with van der Waals surface area (Å²) in [6.07, 6.45) is 0. The maximum atomic E-state index is 4.62. The summed E-state index contributed by atoms with van der Waals surface area (Å²) in [5, 5.41) is 0.000000000000000222. The van der Waals surface area contributed by atoms with Gasteiger partial charge in [-0.05, 0) is 12.2 Å². The molecule has 0 atom stereocenters. The maximum Gasteiger partial charge on any atom is 0.160 e. The predicted molar refractivity (Wildman–Crippen MR) is 26.7 cm³/mol. The number of thiocarbonyl (C=S) groups is 1. The summed E-state index contributed by atoms with van der Waals surface area (Å²) in [6.45, 7) is 0. The minimum atomic E-state index is 0. The average molecular weight is 285 g/mol. The Labute approximate surface area is 55.0 Å². The fourth-order valence-electron chi connectivity index (χ4n) is 0. The van der Waals surface area contributed by atoms with Crippen LogP contribution in [0.1, 0.15) is 0 Å². The summed E-state index contributed by atoms with van der Waals surface area (Å²) in [7, 11) is 0. The van der Waals surface area contributed by atoms with E-state index in [4.69, 9.17) is 0 Å². The number of hydrogen-bond acceptors (Lipinski definition) is 1. The molecule has 5 heavy (non-hydrogen) atoms. The largest absolute Gasteiger partial charge is 0.377 e. The molecule has 0 aromatic heterocycles. The second-order valence-electron chi connectivity index (χ2n) is 0.402. The first kappa shape index (κ1) is 9.13. The van der Waals surface area contributed by atoms with E-state index in [0.29, 0.717) is 0 Å². The quantitative estimate of drug-likeness (QED) is 0.434. The fraction of sp³-hybridized carbons (Fsp3) is 0. The van der Waals surface area contributed by atoms with Gasteiger partial charge in [-0.1, -0.05) is 0 Å². The van der Waals surface area contributed by atoms with Crippen LogP contribution in [-0.4, -0.2) is 31.3 Å². The van der Waals surface area contributed by atoms with Gasteiger partial charge in [0.15, 0.2) is 5.11 Å². The third-order valence-corrected chi connectivity index (χ3v) is 0. The minimum absolute atomic E-state index is 0. The number of rotatable bonds is 0. The van der Waals surface area contributed by atoms with E-state index in [1.165, 1.54) is 0 Å². The van der Waals surface area contributed by atoms with Crippen LogP contribution >= 0.6 is 12.2 Å². The third-order valence-electron chi connectivity index (χ3n) is 0. The van der Waals surface area contributed by atoms with Crippen molar-refractivity contribution in [3.05, 3.63) is 0 Å². The molecule has 0 rings (SSSR count). The molecule has 0 heterocycles. The molecule has 0 aromatic rings. The van der Waals surface area contributed by atoms with Gasteiger partial charge in [-0.3, -0.25) is 0 Å². The Morgan fingerprint density at radius 3 is 1.40 bits per heavy atom. The fourth-order valence-corrected chi connectivity index (χ4v) is 0. The molecule has 0 aliphatic rings. The van der Waals surface area contributed by atoms with Crippen LogP contribution in [0.25, 0.3) is 0 Å². The Balaban J connectivity index is 0. The van der Waals surface area contributed by atoms with Gasteiger partial charge in [0.1, 0.15) is 0 Å². The average Bonchev–Trinajstić information content (AvgIpc) is 0.811. The van der Waals surface area contributed by atoms with Crippen LogP contribution in [0.3, 0.4) is 0 Å². The monoisotopic (exact) mass is 285 g/mol. The Morgan fingerprint density at radius 1 is 1.40 bits per heavy atom. The van der Waals surface area contributed by atoms with E-state index in [0.717, 1.165) is 0 Å². The molecular weight excluding hydrogens is 281 g/mol. The first-order valence-corrected chi connectivity index (χ1v) is 1.19. The van der Waals surface area contributed by atoms with Crippen LogP contribution in [-0.2, 0) is 0 Å². The second kappa shape index (κ2) is 4.57. The summed E-state index contributed by atoms with van der Waals surface area (Å²) in [5.41, 5.74) is 9.24. The Kier molecular flexibility index (Phi) is 8.35. The molecule has 0 saturated carbocycles. The van der Waals surface area contributed by atoms with Gasteiger partial charge < -0.3 is 11.5 Å². The maximum absolute atomic E-state index is 4.62. The van der Waals surface area contributed by atoms with Gasteiger partial charge in [0.2, 0.25) is 0 Å². The summed E-state index contributed by atoms with van der Waals surface area (Å²) in [4.78, 5) is 0. The smallest absolute Gasteiger partial charge is 0.160 e. The van der Waals surface area contributed by atoms with E-state index < -0.39 is 0 Å². The zero-order valence-electron chi connectivity index (χ0n) is 2.51. The van der Waals surface area contributed by atoms with Crippen molar-refractivity contribution in [2.75, 3.05) is 0 Å². The van der Waals surface area contributed by atoms with Crippen molar-refractivity contribution < 1.29 is 0 Å². The van der Waals surface area contributed by atoms with Gasteiger partial charge in [0.05, 0.1) is 0 Å². The molecule has 2 nitrogen and oxygen atoms in total. The molecule has 0 fully saturated rings. The molecule has 29 valence electrons. The Hall–Kier alpha value is 0.573. The van der Waals surface area contributed by atoms with Crippen molar-refractivity contribution in [2.45, 2.75) is 0 Å². The van der Waals surface area contributed by atoms with Gasteiger partial charge in [-0.2, -0.15) is 0 Å². The molecule has 0 aliphatic heterocycles. The summed E-state index contributed by atoms with van der Waals surface area (Å²) in [6, 6.07) is 0. The SMILES string of the molecule is NC(N)=S.[Bi]. The van der Waals surface area contributed by atoms with Gasteiger partial charge in [0.25, 0.3) is 0 Å². The molecule has 0 unspecified atom stereocenters. The van der Waals surface area contributed by atoms with Crippen LogP contribution < -0.4 is 11.5 Å². The number of nitrogens with two attached hydrogens (primary N) is 2. The number of hydrogen-bond donors (Lipinski definition) is 2. The third kappa shape index (κ3) is 92.2. The zero-order chi connectivity index (χ0) is 3.58. The van der Waals surface area contributed by atoms with E-state index >= 15 is 0 Å². The van der Waals surface area contributed by atoms with Crippen molar-refractivity contribution in [3.8, 4) is 0 Å². The predicted octanol–water partition coefficient (Wildman–Crippen LogP) is -1.19. The molecule has 0 amide bonds. The van der Waals surface area contributed by atoms with Crippen LogP contribution in [0.15, 0.2) is 0 Å². The standard InChI is InChI=1S/CH4N2S.Bi/c2-1(3)4;/h(H4,2,3,4);. The topological polar surface area (TPSA) is 52.0 Å². The van der Waals surface area contributed by atoms with Gasteiger partial charge in [-0.15, -0.1) is 0 Å². The van der Waals surface area contributed by atoms with E-state index in [2.05, 4.69) is 23.7 Å². The Morgan fingerprint density at radius 2 is 1.40 bits per heavy atom. The van der Waals surface area contributed by atoms with Gasteiger partial charge in [-0.25, -0.2) is 0 Å². The normalized spacial score (nSPS) is 4.80. The van der Waals surface area contributed by atoms with Crippen LogP contribution in [0.4, 0.5) is 0 Å². The first-order valence-electron chi connectivity index (χ1n) is 0.781. The van der Waals surface area contributed by atoms with Crippen molar-refractivity contribution in [3.63, 3.8) is 0 Å². The molecule has 0 bridgehead atoms. The van der Waals surface area contributed by atoms with E-state index in [1.54, 1.807) is 0 Å². The van der Waals surface area contributed by atoms with Crippen molar-refractivity contribution in [1.29, 1.82) is 0 Å². The molecular formula is CH4BiN2S. The van der Waals surface area contributed by atoms with Crippen LogP contribution in [0, 0.1) is 0 Å². The molecule has 4 heteroatoms. The Bertz CT molecular complexity index is 32.6. The summed E-state index contributed by atoms with van der Waals surface area (Å²) >= 11 is 4.09. The van der Waals surface area contributed by atoms with Crippen molar-refractivity contribution in [1.82, 2.24) is 0 Å². The van der Waals surface area contributed by atoms with E-state index in [9.17, 15) is 0 Å². The first-order chi connectivity index (χ1) is 1.73. The zero-order valence-corrected chi connectivity index (χ0v) is 6.80.